The lowest BCUT2D eigenvalue weighted by atomic mass is 10.3. The molecule has 1 heterocycles. The average Bonchev–Trinajstić information content (AvgIpc) is 1.88. The molecule has 0 saturated carbocycles. The topological polar surface area (TPSA) is 53.0 Å². The van der Waals surface area contributed by atoms with Gasteiger partial charge in [0, 0.05) is 17.3 Å². The molecule has 0 aromatic carbocycles. The second kappa shape index (κ2) is 2.90. The highest BCUT2D eigenvalue weighted by Gasteiger charge is 1.94. The third-order valence-electron chi connectivity index (χ3n) is 1.17. The molecule has 0 bridgehead atoms. The summed E-state index contributed by atoms with van der Waals surface area (Å²) in [4.78, 5) is 3.94. The normalized spacial score (nSPS) is 13.0. The van der Waals surface area contributed by atoms with Gasteiger partial charge >= 0.3 is 0 Å². The first-order valence-corrected chi connectivity index (χ1v) is 3.79. The lowest BCUT2D eigenvalue weighted by Crippen LogP contribution is -1.92. The standard InChI is InChI=1S/C6H7NO2S/c1-5-2-3-7-4-6(5)10(8)9/h2-4H,1H3,(H,8,9)/p-1. The van der Waals surface area contributed by atoms with Gasteiger partial charge in [0.05, 0.1) is 0 Å². The van der Waals surface area contributed by atoms with E-state index in [-0.39, 0.29) is 4.90 Å². The van der Waals surface area contributed by atoms with Crippen molar-refractivity contribution in [3.05, 3.63) is 24.0 Å². The van der Waals surface area contributed by atoms with Crippen LogP contribution in [0.1, 0.15) is 5.56 Å². The Bertz CT molecular complexity index is 262. The van der Waals surface area contributed by atoms with Crippen molar-refractivity contribution in [2.24, 2.45) is 0 Å². The fourth-order valence-corrected chi connectivity index (χ4v) is 1.10. The van der Waals surface area contributed by atoms with E-state index in [0.29, 0.717) is 0 Å². The van der Waals surface area contributed by atoms with Gasteiger partial charge in [0.25, 0.3) is 0 Å². The van der Waals surface area contributed by atoms with Crippen LogP contribution in [0, 0.1) is 6.92 Å². The predicted molar refractivity (Wildman–Crippen MR) is 36.2 cm³/mol. The molecular weight excluding hydrogens is 150 g/mol. The van der Waals surface area contributed by atoms with Crippen molar-refractivity contribution in [2.45, 2.75) is 11.8 Å². The molecule has 0 N–H and O–H groups in total. The quantitative estimate of drug-likeness (QED) is 0.560. The van der Waals surface area contributed by atoms with Gasteiger partial charge in [-0.3, -0.25) is 9.19 Å². The van der Waals surface area contributed by atoms with Crippen molar-refractivity contribution in [3.63, 3.8) is 0 Å². The molecule has 1 rings (SSSR count). The van der Waals surface area contributed by atoms with Crippen molar-refractivity contribution in [3.8, 4) is 0 Å². The zero-order chi connectivity index (χ0) is 7.56. The molecule has 0 aliphatic carbocycles. The summed E-state index contributed by atoms with van der Waals surface area (Å²) in [7, 11) is 0. The Morgan fingerprint density at radius 1 is 1.70 bits per heavy atom. The minimum Gasteiger partial charge on any atom is -0.768 e. The Morgan fingerprint density at radius 2 is 2.40 bits per heavy atom. The van der Waals surface area contributed by atoms with Crippen molar-refractivity contribution in [1.82, 2.24) is 4.98 Å². The highest BCUT2D eigenvalue weighted by atomic mass is 32.2. The third kappa shape index (κ3) is 1.40. The van der Waals surface area contributed by atoms with Crippen molar-refractivity contribution < 1.29 is 8.76 Å². The molecule has 0 amide bonds. The molecule has 1 aromatic heterocycles. The molecule has 0 saturated heterocycles. The zero-order valence-electron chi connectivity index (χ0n) is 5.40. The fraction of sp³-hybridized carbons (Fsp3) is 0.167. The summed E-state index contributed by atoms with van der Waals surface area (Å²) < 4.78 is 20.8. The molecule has 54 valence electrons. The molecule has 0 fully saturated rings. The lowest BCUT2D eigenvalue weighted by molar-refractivity contribution is 0.536. The second-order valence-electron chi connectivity index (χ2n) is 1.88. The van der Waals surface area contributed by atoms with Crippen molar-refractivity contribution >= 4 is 11.1 Å². The van der Waals surface area contributed by atoms with Gasteiger partial charge in [0.15, 0.2) is 0 Å². The summed E-state index contributed by atoms with van der Waals surface area (Å²) in [5.74, 6) is 0. The first-order valence-electron chi connectivity index (χ1n) is 2.71. The van der Waals surface area contributed by atoms with Gasteiger partial charge < -0.3 is 4.55 Å². The van der Waals surface area contributed by atoms with E-state index in [1.165, 1.54) is 6.20 Å². The SMILES string of the molecule is Cc1ccncc1S(=O)[O-]. The molecule has 0 spiro atoms. The second-order valence-corrected chi connectivity index (χ2v) is 2.79. The van der Waals surface area contributed by atoms with Crippen molar-refractivity contribution in [2.75, 3.05) is 0 Å². The maximum atomic E-state index is 10.4. The molecule has 0 aliphatic rings. The maximum Gasteiger partial charge on any atom is 0.0461 e. The average molecular weight is 156 g/mol. The van der Waals surface area contributed by atoms with Crippen LogP contribution in [-0.2, 0) is 11.1 Å². The largest absolute Gasteiger partial charge is 0.768 e. The fourth-order valence-electron chi connectivity index (χ4n) is 0.624. The van der Waals surface area contributed by atoms with Crippen LogP contribution >= 0.6 is 0 Å². The van der Waals surface area contributed by atoms with E-state index < -0.39 is 11.1 Å². The van der Waals surface area contributed by atoms with Crippen LogP contribution in [0.5, 0.6) is 0 Å². The predicted octanol–water partition coefficient (Wildman–Crippen LogP) is 0.628. The Kier molecular flexibility index (Phi) is 2.13. The number of rotatable bonds is 1. The van der Waals surface area contributed by atoms with E-state index in [4.69, 9.17) is 0 Å². The summed E-state index contributed by atoms with van der Waals surface area (Å²) in [5, 5.41) is 0. The Hall–Kier alpha value is -0.740. The van der Waals surface area contributed by atoms with E-state index >= 15 is 0 Å². The van der Waals surface area contributed by atoms with E-state index in [2.05, 4.69) is 4.98 Å². The van der Waals surface area contributed by atoms with Gasteiger partial charge in [-0.1, -0.05) is 0 Å². The molecule has 0 aliphatic heterocycles. The van der Waals surface area contributed by atoms with Crippen LogP contribution in [-0.4, -0.2) is 13.7 Å². The van der Waals surface area contributed by atoms with Crippen LogP contribution in [0.4, 0.5) is 0 Å². The third-order valence-corrected chi connectivity index (χ3v) is 1.96. The van der Waals surface area contributed by atoms with E-state index in [0.717, 1.165) is 5.56 Å². The Balaban J connectivity index is 3.15. The van der Waals surface area contributed by atoms with Crippen molar-refractivity contribution in [1.29, 1.82) is 0 Å². The van der Waals surface area contributed by atoms with Crippen LogP contribution in [0.2, 0.25) is 0 Å². The van der Waals surface area contributed by atoms with Gasteiger partial charge in [-0.25, -0.2) is 0 Å². The van der Waals surface area contributed by atoms with Gasteiger partial charge in [-0.05, 0) is 29.6 Å². The number of hydrogen-bond donors (Lipinski definition) is 0. The summed E-state index contributed by atoms with van der Waals surface area (Å²) in [6, 6.07) is 1.66. The Morgan fingerprint density at radius 3 is 2.80 bits per heavy atom. The number of pyridine rings is 1. The van der Waals surface area contributed by atoms with Gasteiger partial charge in [0.1, 0.15) is 0 Å². The van der Waals surface area contributed by atoms with E-state index in [1.54, 1.807) is 19.2 Å². The number of hydrogen-bond acceptors (Lipinski definition) is 3. The van der Waals surface area contributed by atoms with Crippen LogP contribution in [0.25, 0.3) is 0 Å². The molecule has 4 heteroatoms. The molecule has 1 unspecified atom stereocenters. The molecule has 1 atom stereocenters. The molecule has 1 aromatic rings. The van der Waals surface area contributed by atoms with Gasteiger partial charge in [-0.2, -0.15) is 0 Å². The molecule has 10 heavy (non-hydrogen) atoms. The number of aromatic nitrogens is 1. The summed E-state index contributed by atoms with van der Waals surface area (Å²) >= 11 is -2.15. The lowest BCUT2D eigenvalue weighted by Gasteiger charge is -2.05. The minimum atomic E-state index is -2.15. The highest BCUT2D eigenvalue weighted by molar-refractivity contribution is 7.79. The summed E-state index contributed by atoms with van der Waals surface area (Å²) in [6.07, 6.45) is 2.89. The van der Waals surface area contributed by atoms with E-state index in [1.807, 2.05) is 0 Å². The Labute approximate surface area is 61.4 Å². The van der Waals surface area contributed by atoms with Gasteiger partial charge in [0.2, 0.25) is 0 Å². The number of nitrogens with zero attached hydrogens (tertiary/aromatic N) is 1. The van der Waals surface area contributed by atoms with Crippen LogP contribution in [0.3, 0.4) is 0 Å². The molecule has 0 radical (unpaired) electrons. The summed E-state index contributed by atoms with van der Waals surface area (Å²) in [5.41, 5.74) is 0.725. The zero-order valence-corrected chi connectivity index (χ0v) is 6.22. The smallest absolute Gasteiger partial charge is 0.0461 e. The molecule has 3 nitrogen and oxygen atoms in total. The van der Waals surface area contributed by atoms with Crippen LogP contribution < -0.4 is 0 Å². The monoisotopic (exact) mass is 156 g/mol. The molecular formula is C6H6NO2S-. The highest BCUT2D eigenvalue weighted by Crippen LogP contribution is 2.07. The van der Waals surface area contributed by atoms with Gasteiger partial charge in [-0.15, -0.1) is 0 Å². The maximum absolute atomic E-state index is 10.4. The first-order chi connectivity index (χ1) is 4.72. The van der Waals surface area contributed by atoms with Crippen LogP contribution in [0.15, 0.2) is 23.4 Å². The number of aryl methyl sites for hydroxylation is 1. The first kappa shape index (κ1) is 7.37. The summed E-state index contributed by atoms with van der Waals surface area (Å²) in [6.45, 7) is 1.73. The minimum absolute atomic E-state index is 0.266. The van der Waals surface area contributed by atoms with E-state index in [9.17, 15) is 8.76 Å².